The lowest BCUT2D eigenvalue weighted by Gasteiger charge is -2.47. The van der Waals surface area contributed by atoms with Gasteiger partial charge in [-0.3, -0.25) is 0 Å². The number of hydrogen-bond acceptors (Lipinski definition) is 8. The van der Waals surface area contributed by atoms with Gasteiger partial charge in [-0.05, 0) is 71.0 Å². The smallest absolute Gasteiger partial charge is 0.419 e. The van der Waals surface area contributed by atoms with E-state index in [9.17, 15) is 0 Å². The molecular weight excluding hydrogens is 781 g/mol. The van der Waals surface area contributed by atoms with Crippen molar-refractivity contribution >= 4 is 32.9 Å². The molecule has 8 nitrogen and oxygen atoms in total. The van der Waals surface area contributed by atoms with Gasteiger partial charge in [0.15, 0.2) is 0 Å². The Morgan fingerprint density at radius 1 is 0.279 bits per heavy atom. The zero-order valence-electron chi connectivity index (χ0n) is 43.5. The van der Waals surface area contributed by atoms with Crippen LogP contribution < -0.4 is 0 Å². The Labute approximate surface area is 376 Å². The van der Waals surface area contributed by atoms with E-state index in [1.54, 1.807) is 0 Å². The Morgan fingerprint density at radius 3 is 0.459 bits per heavy atom. The molecule has 61 heavy (non-hydrogen) atoms. The SMILES string of the molecule is C=C(C(=O)O[Si](OC(=O)C(=C)C(C(C)C)(C(C)C)C(C)C)(OC(=O)C(=C)C(C(C)C)(C(C)C)C(C)C)OC(=O)C(=C)C(C(C)C)(C(C)C)C(C)C)C(C(C)C)(C(C)C)C(C)C. The quantitative estimate of drug-likeness (QED) is 0.0697. The summed E-state index contributed by atoms with van der Waals surface area (Å²) in [6.07, 6.45) is 0. The summed E-state index contributed by atoms with van der Waals surface area (Å²) in [5, 5.41) is 0. The van der Waals surface area contributed by atoms with Crippen molar-refractivity contribution < 1.29 is 36.9 Å². The fraction of sp³-hybridized carbons (Fsp3) is 0.769. The van der Waals surface area contributed by atoms with E-state index in [2.05, 4.69) is 26.3 Å². The number of carbonyl (C=O) groups excluding carboxylic acids is 4. The Morgan fingerprint density at radius 2 is 0.377 bits per heavy atom. The average Bonchev–Trinajstić information content (AvgIpc) is 3.06. The van der Waals surface area contributed by atoms with Crippen molar-refractivity contribution in [1.82, 2.24) is 0 Å². The Balaban J connectivity index is 8.80. The van der Waals surface area contributed by atoms with Crippen LogP contribution in [0.1, 0.15) is 166 Å². The fourth-order valence-electron chi connectivity index (χ4n) is 13.7. The molecule has 0 fully saturated rings. The van der Waals surface area contributed by atoms with Crippen molar-refractivity contribution in [2.45, 2.75) is 166 Å². The molecule has 0 amide bonds. The highest BCUT2D eigenvalue weighted by molar-refractivity contribution is 6.62. The highest BCUT2D eigenvalue weighted by Crippen LogP contribution is 2.53. The molecule has 0 aromatic carbocycles. The van der Waals surface area contributed by atoms with Gasteiger partial charge in [0.1, 0.15) is 0 Å². The second kappa shape index (κ2) is 21.6. The van der Waals surface area contributed by atoms with Gasteiger partial charge in [-0.15, -0.1) is 0 Å². The summed E-state index contributed by atoms with van der Waals surface area (Å²) in [7, 11) is -5.67. The summed E-state index contributed by atoms with van der Waals surface area (Å²) < 4.78 is 25.4. The molecule has 0 bridgehead atoms. The lowest BCUT2D eigenvalue weighted by molar-refractivity contribution is -0.161. The summed E-state index contributed by atoms with van der Waals surface area (Å²) in [5.74, 6) is -5.29. The maximum Gasteiger partial charge on any atom is 0.975 e. The summed E-state index contributed by atoms with van der Waals surface area (Å²) in [4.78, 5) is 60.0. The normalized spacial score (nSPS) is 13.6. The van der Waals surface area contributed by atoms with Gasteiger partial charge in [-0.1, -0.05) is 192 Å². The molecule has 0 heterocycles. The highest BCUT2D eigenvalue weighted by atomic mass is 28.4. The van der Waals surface area contributed by atoms with Crippen LogP contribution in [0.25, 0.3) is 0 Å². The summed E-state index contributed by atoms with van der Waals surface area (Å²) in [5.41, 5.74) is -2.98. The minimum Gasteiger partial charge on any atom is -0.419 e. The van der Waals surface area contributed by atoms with Crippen molar-refractivity contribution in [2.24, 2.45) is 92.7 Å². The first-order chi connectivity index (χ1) is 27.5. The predicted molar refractivity (Wildman–Crippen MR) is 254 cm³/mol. The monoisotopic (exact) mass is 873 g/mol. The first-order valence-corrected chi connectivity index (χ1v) is 24.8. The maximum atomic E-state index is 15.0. The lowest BCUT2D eigenvalue weighted by Crippen LogP contribution is -2.58. The largest absolute Gasteiger partial charge is 0.975 e. The molecule has 0 aliphatic heterocycles. The predicted octanol–water partition coefficient (Wildman–Crippen LogP) is 13.6. The van der Waals surface area contributed by atoms with Crippen molar-refractivity contribution in [3.8, 4) is 0 Å². The van der Waals surface area contributed by atoms with E-state index in [0.29, 0.717) is 0 Å². The lowest BCUT2D eigenvalue weighted by atomic mass is 9.58. The van der Waals surface area contributed by atoms with Gasteiger partial charge in [0.2, 0.25) is 0 Å². The molecule has 0 atom stereocenters. The van der Waals surface area contributed by atoms with Crippen LogP contribution in [0.5, 0.6) is 0 Å². The van der Waals surface area contributed by atoms with Crippen LogP contribution in [-0.2, 0) is 36.9 Å². The molecule has 0 aliphatic carbocycles. The third-order valence-corrected chi connectivity index (χ3v) is 17.2. The van der Waals surface area contributed by atoms with Gasteiger partial charge >= 0.3 is 32.9 Å². The molecule has 0 unspecified atom stereocenters. The standard InChI is InChI=1S/C52H92O8Si/c1-29(2)49(30(3)4,31(5)6)41(25)45(53)57-61(58-46(54)42(26)50(32(7)8,33(9)10)34(11)12,59-47(55)43(27)51(35(13)14,36(15)16)37(17)18)60-48(56)44(28)52(38(19)20,39(21)22)40(23)24/h29-40H,25-28H2,1-24H3. The molecule has 0 spiro atoms. The molecule has 0 aromatic heterocycles. The molecular formula is C52H92O8Si. The number of hydrogen-bond donors (Lipinski definition) is 0. The molecule has 0 aromatic rings. The van der Waals surface area contributed by atoms with Crippen molar-refractivity contribution in [1.29, 1.82) is 0 Å². The number of rotatable bonds is 24. The van der Waals surface area contributed by atoms with E-state index in [1.165, 1.54) is 0 Å². The van der Waals surface area contributed by atoms with Crippen LogP contribution in [0.15, 0.2) is 48.6 Å². The van der Waals surface area contributed by atoms with Crippen LogP contribution in [0.3, 0.4) is 0 Å². The molecule has 352 valence electrons. The van der Waals surface area contributed by atoms with Crippen molar-refractivity contribution in [3.05, 3.63) is 48.6 Å². The molecule has 0 N–H and O–H groups in total. The van der Waals surface area contributed by atoms with Gasteiger partial charge in [0.25, 0.3) is 0 Å². The second-order valence-electron chi connectivity index (χ2n) is 21.6. The van der Waals surface area contributed by atoms with Crippen molar-refractivity contribution in [2.75, 3.05) is 0 Å². The summed E-state index contributed by atoms with van der Waals surface area (Å²) in [6.45, 7) is 65.5. The minimum absolute atomic E-state index is 0.0756. The van der Waals surface area contributed by atoms with Crippen molar-refractivity contribution in [3.63, 3.8) is 0 Å². The van der Waals surface area contributed by atoms with E-state index in [4.69, 9.17) is 17.7 Å². The van der Waals surface area contributed by atoms with E-state index in [0.717, 1.165) is 0 Å². The fourth-order valence-corrected chi connectivity index (χ4v) is 15.4. The number of carbonyl (C=O) groups is 4. The second-order valence-corrected chi connectivity index (χ2v) is 23.4. The third kappa shape index (κ3) is 10.4. The van der Waals surface area contributed by atoms with Gasteiger partial charge in [-0.25, -0.2) is 19.2 Å². The Kier molecular flexibility index (Phi) is 20.6. The van der Waals surface area contributed by atoms with Crippen LogP contribution in [-0.4, -0.2) is 32.9 Å². The Hall–Kier alpha value is -2.94. The maximum absolute atomic E-state index is 15.0. The van der Waals surface area contributed by atoms with E-state index in [1.807, 2.05) is 166 Å². The molecule has 0 rings (SSSR count). The van der Waals surface area contributed by atoms with E-state index >= 15 is 19.2 Å². The first kappa shape index (κ1) is 58.1. The van der Waals surface area contributed by atoms with Crippen LogP contribution >= 0.6 is 0 Å². The third-order valence-electron chi connectivity index (χ3n) is 15.4. The van der Waals surface area contributed by atoms with E-state index < -0.39 is 54.6 Å². The first-order valence-electron chi connectivity index (χ1n) is 23.2. The zero-order chi connectivity index (χ0) is 48.9. The van der Waals surface area contributed by atoms with Gasteiger partial charge < -0.3 is 17.7 Å². The van der Waals surface area contributed by atoms with Crippen LogP contribution in [0, 0.1) is 92.7 Å². The molecule has 0 saturated carbocycles. The highest BCUT2D eigenvalue weighted by Gasteiger charge is 2.67. The van der Waals surface area contributed by atoms with Gasteiger partial charge in [0, 0.05) is 44.0 Å². The molecule has 0 radical (unpaired) electrons. The Bertz CT molecular complexity index is 1280. The molecule has 0 aliphatic rings. The van der Waals surface area contributed by atoms with Crippen LogP contribution in [0.4, 0.5) is 0 Å². The topological polar surface area (TPSA) is 105 Å². The minimum atomic E-state index is -5.67. The van der Waals surface area contributed by atoms with E-state index in [-0.39, 0.29) is 93.3 Å². The van der Waals surface area contributed by atoms with Gasteiger partial charge in [0.05, 0.1) is 0 Å². The molecule has 9 heteroatoms. The summed E-state index contributed by atoms with van der Waals surface area (Å²) >= 11 is 0. The van der Waals surface area contributed by atoms with Gasteiger partial charge in [-0.2, -0.15) is 0 Å². The molecule has 0 saturated heterocycles. The summed E-state index contributed by atoms with van der Waals surface area (Å²) in [6, 6.07) is 0. The van der Waals surface area contributed by atoms with Crippen LogP contribution in [0.2, 0.25) is 0 Å². The zero-order valence-corrected chi connectivity index (χ0v) is 44.5. The average molecular weight is 873 g/mol.